The Labute approximate surface area is 111 Å². The van der Waals surface area contributed by atoms with E-state index in [-0.39, 0.29) is 0 Å². The molecule has 0 spiro atoms. The predicted molar refractivity (Wildman–Crippen MR) is 77.3 cm³/mol. The minimum atomic E-state index is 0.772. The van der Waals surface area contributed by atoms with Crippen molar-refractivity contribution in [3.63, 3.8) is 0 Å². The maximum absolute atomic E-state index is 5.68. The number of nitrogens with two attached hydrogens (primary N) is 1. The van der Waals surface area contributed by atoms with E-state index in [0.29, 0.717) is 0 Å². The van der Waals surface area contributed by atoms with Gasteiger partial charge in [0, 0.05) is 13.1 Å². The number of hydrogen-bond donors (Lipinski definition) is 1. The Morgan fingerprint density at radius 2 is 2.11 bits per heavy atom. The van der Waals surface area contributed by atoms with Gasteiger partial charge in [-0.3, -0.25) is 4.90 Å². The third kappa shape index (κ3) is 3.82. The van der Waals surface area contributed by atoms with E-state index in [4.69, 9.17) is 5.73 Å². The van der Waals surface area contributed by atoms with Crippen molar-refractivity contribution < 1.29 is 0 Å². The molecular weight excluding hydrogens is 220 g/mol. The van der Waals surface area contributed by atoms with Crippen LogP contribution in [0.5, 0.6) is 0 Å². The molecule has 1 aromatic carbocycles. The summed E-state index contributed by atoms with van der Waals surface area (Å²) < 4.78 is 0. The van der Waals surface area contributed by atoms with Gasteiger partial charge in [-0.25, -0.2) is 0 Å². The zero-order chi connectivity index (χ0) is 12.8. The molecule has 0 radical (unpaired) electrons. The van der Waals surface area contributed by atoms with E-state index in [1.165, 1.54) is 37.9 Å². The fourth-order valence-electron chi connectivity index (χ4n) is 3.04. The number of piperidine rings is 1. The zero-order valence-corrected chi connectivity index (χ0v) is 11.5. The van der Waals surface area contributed by atoms with Crippen molar-refractivity contribution in [2.45, 2.75) is 32.7 Å². The van der Waals surface area contributed by atoms with Crippen molar-refractivity contribution in [2.24, 2.45) is 17.6 Å². The van der Waals surface area contributed by atoms with Crippen molar-refractivity contribution in [3.05, 3.63) is 35.9 Å². The summed E-state index contributed by atoms with van der Waals surface area (Å²) >= 11 is 0. The van der Waals surface area contributed by atoms with Crippen molar-refractivity contribution >= 4 is 0 Å². The molecule has 18 heavy (non-hydrogen) atoms. The van der Waals surface area contributed by atoms with Crippen LogP contribution in [0.3, 0.4) is 0 Å². The average molecular weight is 246 g/mol. The monoisotopic (exact) mass is 246 g/mol. The lowest BCUT2D eigenvalue weighted by atomic mass is 9.84. The highest BCUT2D eigenvalue weighted by Crippen LogP contribution is 2.26. The smallest absolute Gasteiger partial charge is 0.0233 e. The fraction of sp³-hybridized carbons (Fsp3) is 0.625. The molecule has 2 heteroatoms. The summed E-state index contributed by atoms with van der Waals surface area (Å²) in [5.74, 6) is 1.61. The van der Waals surface area contributed by atoms with E-state index in [1.807, 2.05) is 0 Å². The van der Waals surface area contributed by atoms with Crippen molar-refractivity contribution in [3.8, 4) is 0 Å². The van der Waals surface area contributed by atoms with Crippen molar-refractivity contribution in [1.82, 2.24) is 4.90 Å². The first-order chi connectivity index (χ1) is 8.79. The zero-order valence-electron chi connectivity index (χ0n) is 11.5. The molecule has 100 valence electrons. The lowest BCUT2D eigenvalue weighted by molar-refractivity contribution is 0.131. The van der Waals surface area contributed by atoms with Crippen LogP contribution in [-0.4, -0.2) is 24.5 Å². The molecule has 1 aliphatic rings. The third-order valence-corrected chi connectivity index (χ3v) is 4.22. The van der Waals surface area contributed by atoms with Gasteiger partial charge in [-0.2, -0.15) is 0 Å². The van der Waals surface area contributed by atoms with Gasteiger partial charge in [-0.1, -0.05) is 37.3 Å². The van der Waals surface area contributed by atoms with E-state index in [0.717, 1.165) is 24.9 Å². The Kier molecular flexibility index (Phi) is 5.21. The van der Waals surface area contributed by atoms with Gasteiger partial charge >= 0.3 is 0 Å². The molecule has 0 aromatic heterocycles. The highest BCUT2D eigenvalue weighted by Gasteiger charge is 2.23. The standard InChI is InChI=1S/C16H26N2/c1-14(9-10-17)16-8-5-11-18(13-16)12-15-6-3-2-4-7-15/h2-4,6-7,14,16H,5,8-13,17H2,1H3. The van der Waals surface area contributed by atoms with Crippen LogP contribution in [0.25, 0.3) is 0 Å². The molecule has 0 aliphatic carbocycles. The molecule has 2 atom stereocenters. The number of rotatable bonds is 5. The van der Waals surface area contributed by atoms with Gasteiger partial charge in [0.2, 0.25) is 0 Å². The highest BCUT2D eigenvalue weighted by atomic mass is 15.1. The fourth-order valence-corrected chi connectivity index (χ4v) is 3.04. The van der Waals surface area contributed by atoms with E-state index in [2.05, 4.69) is 42.2 Å². The first-order valence-electron chi connectivity index (χ1n) is 7.26. The molecule has 0 amide bonds. The third-order valence-electron chi connectivity index (χ3n) is 4.22. The molecule has 2 unspecified atom stereocenters. The lowest BCUT2D eigenvalue weighted by Gasteiger charge is -2.35. The van der Waals surface area contributed by atoms with Crippen LogP contribution in [0.2, 0.25) is 0 Å². The van der Waals surface area contributed by atoms with Crippen LogP contribution >= 0.6 is 0 Å². The lowest BCUT2D eigenvalue weighted by Crippen LogP contribution is -2.37. The van der Waals surface area contributed by atoms with Gasteiger partial charge in [-0.05, 0) is 49.8 Å². The van der Waals surface area contributed by atoms with Crippen LogP contribution in [-0.2, 0) is 6.54 Å². The Hall–Kier alpha value is -0.860. The Balaban J connectivity index is 1.87. The predicted octanol–water partition coefficient (Wildman–Crippen LogP) is 2.88. The molecule has 1 aliphatic heterocycles. The first kappa shape index (κ1) is 13.6. The maximum atomic E-state index is 5.68. The second-order valence-electron chi connectivity index (χ2n) is 5.68. The molecule has 1 heterocycles. The van der Waals surface area contributed by atoms with Crippen LogP contribution in [0.1, 0.15) is 31.7 Å². The maximum Gasteiger partial charge on any atom is 0.0233 e. The van der Waals surface area contributed by atoms with Gasteiger partial charge in [0.15, 0.2) is 0 Å². The summed E-state index contributed by atoms with van der Waals surface area (Å²) in [7, 11) is 0. The van der Waals surface area contributed by atoms with Crippen LogP contribution < -0.4 is 5.73 Å². The van der Waals surface area contributed by atoms with Crippen LogP contribution in [0, 0.1) is 11.8 Å². The number of hydrogen-bond acceptors (Lipinski definition) is 2. The van der Waals surface area contributed by atoms with Gasteiger partial charge in [0.25, 0.3) is 0 Å². The Morgan fingerprint density at radius 1 is 1.33 bits per heavy atom. The SMILES string of the molecule is CC(CCN)C1CCCN(Cc2ccccc2)C1. The molecule has 2 rings (SSSR count). The number of nitrogens with zero attached hydrogens (tertiary/aromatic N) is 1. The van der Waals surface area contributed by atoms with Crippen molar-refractivity contribution in [2.75, 3.05) is 19.6 Å². The molecule has 0 bridgehead atoms. The second-order valence-corrected chi connectivity index (χ2v) is 5.68. The topological polar surface area (TPSA) is 29.3 Å². The molecule has 1 fully saturated rings. The molecule has 2 nitrogen and oxygen atoms in total. The molecule has 2 N–H and O–H groups in total. The normalized spacial score (nSPS) is 22.9. The minimum Gasteiger partial charge on any atom is -0.330 e. The summed E-state index contributed by atoms with van der Waals surface area (Å²) in [4.78, 5) is 2.61. The summed E-state index contributed by atoms with van der Waals surface area (Å²) in [6.45, 7) is 6.80. The summed E-state index contributed by atoms with van der Waals surface area (Å²) in [5, 5.41) is 0. The largest absolute Gasteiger partial charge is 0.330 e. The highest BCUT2D eigenvalue weighted by molar-refractivity contribution is 5.14. The van der Waals surface area contributed by atoms with E-state index < -0.39 is 0 Å². The van der Waals surface area contributed by atoms with Gasteiger partial charge in [0.05, 0.1) is 0 Å². The summed E-state index contributed by atoms with van der Waals surface area (Å²) in [6.07, 6.45) is 3.89. The number of likely N-dealkylation sites (tertiary alicyclic amines) is 1. The van der Waals surface area contributed by atoms with Crippen LogP contribution in [0.4, 0.5) is 0 Å². The first-order valence-corrected chi connectivity index (χ1v) is 7.26. The van der Waals surface area contributed by atoms with E-state index in [1.54, 1.807) is 0 Å². The molecular formula is C16H26N2. The van der Waals surface area contributed by atoms with Crippen molar-refractivity contribution in [1.29, 1.82) is 0 Å². The van der Waals surface area contributed by atoms with Gasteiger partial charge < -0.3 is 5.73 Å². The Bertz CT molecular complexity index is 336. The molecule has 1 aromatic rings. The van der Waals surface area contributed by atoms with E-state index in [9.17, 15) is 0 Å². The summed E-state index contributed by atoms with van der Waals surface area (Å²) in [6, 6.07) is 10.8. The second kappa shape index (κ2) is 6.91. The van der Waals surface area contributed by atoms with E-state index >= 15 is 0 Å². The minimum absolute atomic E-state index is 0.772. The average Bonchev–Trinajstić information content (AvgIpc) is 2.40. The summed E-state index contributed by atoms with van der Waals surface area (Å²) in [5.41, 5.74) is 7.12. The molecule has 0 saturated carbocycles. The van der Waals surface area contributed by atoms with Crippen LogP contribution in [0.15, 0.2) is 30.3 Å². The molecule has 1 saturated heterocycles. The number of benzene rings is 1. The van der Waals surface area contributed by atoms with Gasteiger partial charge in [-0.15, -0.1) is 0 Å². The Morgan fingerprint density at radius 3 is 2.83 bits per heavy atom. The van der Waals surface area contributed by atoms with Gasteiger partial charge in [0.1, 0.15) is 0 Å². The quantitative estimate of drug-likeness (QED) is 0.865.